The van der Waals surface area contributed by atoms with Gasteiger partial charge in [0.15, 0.2) is 0 Å². The third-order valence-electron chi connectivity index (χ3n) is 4.55. The van der Waals surface area contributed by atoms with Crippen molar-refractivity contribution in [1.29, 1.82) is 0 Å². The van der Waals surface area contributed by atoms with Crippen LogP contribution in [0.3, 0.4) is 0 Å². The molecule has 1 saturated carbocycles. The molecule has 8 nitrogen and oxygen atoms in total. The van der Waals surface area contributed by atoms with E-state index in [1.165, 1.54) is 0 Å². The first-order valence-corrected chi connectivity index (χ1v) is 10.2. The van der Waals surface area contributed by atoms with Crippen LogP contribution in [-0.2, 0) is 14.6 Å². The van der Waals surface area contributed by atoms with Crippen molar-refractivity contribution in [3.8, 4) is 0 Å². The maximum Gasteiger partial charge on any atom is 0.404 e. The minimum Gasteiger partial charge on any atom is -0.465 e. The first-order valence-electron chi connectivity index (χ1n) is 8.15. The molecule has 2 rings (SSSR count). The smallest absolute Gasteiger partial charge is 0.404 e. The topological polar surface area (TPSA) is 132 Å². The lowest BCUT2D eigenvalue weighted by atomic mass is 9.74. The molecule has 25 heavy (non-hydrogen) atoms. The van der Waals surface area contributed by atoms with Gasteiger partial charge in [-0.15, -0.1) is 0 Å². The highest BCUT2D eigenvalue weighted by Crippen LogP contribution is 2.39. The zero-order valence-electron chi connectivity index (χ0n) is 14.4. The van der Waals surface area contributed by atoms with Crippen molar-refractivity contribution in [2.75, 3.05) is 24.3 Å². The summed E-state index contributed by atoms with van der Waals surface area (Å²) in [5, 5.41) is 11.7. The van der Waals surface area contributed by atoms with Crippen molar-refractivity contribution in [3.63, 3.8) is 0 Å². The third kappa shape index (κ3) is 5.57. The second kappa shape index (κ2) is 8.01. The molecule has 1 amide bonds. The van der Waals surface area contributed by atoms with Gasteiger partial charge in [0, 0.05) is 12.5 Å². The van der Waals surface area contributed by atoms with Gasteiger partial charge in [0.2, 0.25) is 0 Å². The number of hydrogen-bond donors (Lipinski definition) is 3. The number of aromatic nitrogens is 1. The molecule has 1 heterocycles. The van der Waals surface area contributed by atoms with Crippen LogP contribution in [-0.4, -0.2) is 55.4 Å². The summed E-state index contributed by atoms with van der Waals surface area (Å²) in [7, 11) is -3.13. The number of pyridine rings is 1. The number of hydrogen-bond acceptors (Lipinski definition) is 6. The number of nitrogens with zero attached hydrogens (tertiary/aromatic N) is 1. The summed E-state index contributed by atoms with van der Waals surface area (Å²) in [5.74, 6) is 0.0452. The van der Waals surface area contributed by atoms with Crippen LogP contribution in [0.1, 0.15) is 31.2 Å². The zero-order chi connectivity index (χ0) is 18.6. The summed E-state index contributed by atoms with van der Waals surface area (Å²) in [6, 6.07) is 1.42. The van der Waals surface area contributed by atoms with Crippen LogP contribution in [0.2, 0.25) is 0 Å². The molecule has 4 N–H and O–H groups in total. The summed E-state index contributed by atoms with van der Waals surface area (Å²) < 4.78 is 28.3. The van der Waals surface area contributed by atoms with Crippen molar-refractivity contribution < 1.29 is 23.1 Å². The number of sulfone groups is 1. The van der Waals surface area contributed by atoms with Crippen LogP contribution < -0.4 is 11.1 Å². The van der Waals surface area contributed by atoms with Crippen molar-refractivity contribution in [2.24, 2.45) is 5.92 Å². The first kappa shape index (κ1) is 19.5. The molecule has 1 aromatic rings. The molecule has 1 aromatic heterocycles. The Bertz CT molecular complexity index is 709. The van der Waals surface area contributed by atoms with Crippen LogP contribution in [0.4, 0.5) is 10.5 Å². The van der Waals surface area contributed by atoms with Crippen LogP contribution in [0, 0.1) is 5.92 Å². The second-order valence-electron chi connectivity index (χ2n) is 6.67. The molecular formula is C16H25N3O5S. The molecule has 0 bridgehead atoms. The van der Waals surface area contributed by atoms with Gasteiger partial charge in [-0.1, -0.05) is 6.92 Å². The standard InChI is InChI=1S/C16H25N3O5S/c1-10-7-11(12-3-4-18-9-13(12)17)8-14(19-16(20)21)15(10)24-5-6-25(2,22)23/h3-4,9-11,14-15,19H,5-8,17H2,1-2H3,(H,20,21)/t10-,11+,14+,15-/m0/s1. The lowest BCUT2D eigenvalue weighted by Crippen LogP contribution is -2.51. The Hall–Kier alpha value is -1.87. The SMILES string of the molecule is C[C@H]1C[C@@H](c2ccncc2N)C[C@@H](NC(=O)O)[C@H]1OCCS(C)(=O)=O. The summed E-state index contributed by atoms with van der Waals surface area (Å²) >= 11 is 0. The summed E-state index contributed by atoms with van der Waals surface area (Å²) in [6.45, 7) is 2.03. The minimum absolute atomic E-state index is 0.0442. The highest BCUT2D eigenvalue weighted by Gasteiger charge is 2.38. The van der Waals surface area contributed by atoms with E-state index in [9.17, 15) is 13.2 Å². The van der Waals surface area contributed by atoms with E-state index >= 15 is 0 Å². The van der Waals surface area contributed by atoms with E-state index in [1.54, 1.807) is 12.4 Å². The maximum atomic E-state index is 11.3. The number of carboxylic acid groups (broad SMARTS) is 1. The largest absolute Gasteiger partial charge is 0.465 e. The highest BCUT2D eigenvalue weighted by molar-refractivity contribution is 7.90. The predicted octanol–water partition coefficient (Wildman–Crippen LogP) is 1.24. The Balaban J connectivity index is 2.13. The van der Waals surface area contributed by atoms with Crippen LogP contribution in [0.15, 0.2) is 18.5 Å². The quantitative estimate of drug-likeness (QED) is 0.685. The number of carbonyl (C=O) groups is 1. The van der Waals surface area contributed by atoms with Gasteiger partial charge < -0.3 is 20.9 Å². The van der Waals surface area contributed by atoms with Gasteiger partial charge >= 0.3 is 6.09 Å². The van der Waals surface area contributed by atoms with E-state index in [1.807, 2.05) is 13.0 Å². The van der Waals surface area contributed by atoms with E-state index in [2.05, 4.69) is 10.3 Å². The van der Waals surface area contributed by atoms with Gasteiger partial charge in [-0.3, -0.25) is 4.98 Å². The number of nitrogen functional groups attached to an aromatic ring is 1. The third-order valence-corrected chi connectivity index (χ3v) is 5.46. The molecule has 4 atom stereocenters. The van der Waals surface area contributed by atoms with Gasteiger partial charge in [0.1, 0.15) is 9.84 Å². The fourth-order valence-electron chi connectivity index (χ4n) is 3.48. The van der Waals surface area contributed by atoms with Gasteiger partial charge in [0.25, 0.3) is 0 Å². The number of nitrogens with two attached hydrogens (primary N) is 1. The van der Waals surface area contributed by atoms with Crippen molar-refractivity contribution in [1.82, 2.24) is 10.3 Å². The van der Waals surface area contributed by atoms with E-state index in [4.69, 9.17) is 15.6 Å². The van der Waals surface area contributed by atoms with Crippen LogP contribution >= 0.6 is 0 Å². The maximum absolute atomic E-state index is 11.3. The molecule has 0 saturated heterocycles. The van der Waals surface area contributed by atoms with Gasteiger partial charge in [-0.05, 0) is 36.3 Å². The molecule has 1 aliphatic carbocycles. The van der Waals surface area contributed by atoms with Gasteiger partial charge in [0.05, 0.1) is 36.4 Å². The summed E-state index contributed by atoms with van der Waals surface area (Å²) in [4.78, 5) is 15.2. The van der Waals surface area contributed by atoms with Crippen molar-refractivity contribution >= 4 is 21.6 Å². The Kier molecular flexibility index (Phi) is 6.23. The molecule has 0 unspecified atom stereocenters. The lowest BCUT2D eigenvalue weighted by Gasteiger charge is -2.40. The van der Waals surface area contributed by atoms with E-state index < -0.39 is 22.0 Å². The Morgan fingerprint density at radius 1 is 1.48 bits per heavy atom. The van der Waals surface area contributed by atoms with E-state index in [0.29, 0.717) is 12.1 Å². The fourth-order valence-corrected chi connectivity index (χ4v) is 3.87. The van der Waals surface area contributed by atoms with Crippen LogP contribution in [0.25, 0.3) is 0 Å². The molecule has 0 aromatic carbocycles. The molecule has 9 heteroatoms. The normalized spacial score (nSPS) is 27.0. The number of ether oxygens (including phenoxy) is 1. The van der Waals surface area contributed by atoms with E-state index in [-0.39, 0.29) is 30.3 Å². The molecule has 1 fully saturated rings. The Morgan fingerprint density at radius 2 is 2.20 bits per heavy atom. The molecule has 140 valence electrons. The number of amides is 1. The zero-order valence-corrected chi connectivity index (χ0v) is 15.2. The average Bonchev–Trinajstić information content (AvgIpc) is 2.48. The molecule has 0 radical (unpaired) electrons. The monoisotopic (exact) mass is 371 g/mol. The molecule has 0 aliphatic heterocycles. The number of nitrogens with one attached hydrogen (secondary N) is 1. The molecular weight excluding hydrogens is 346 g/mol. The Morgan fingerprint density at radius 3 is 2.80 bits per heavy atom. The molecule has 0 spiro atoms. The van der Waals surface area contributed by atoms with Gasteiger partial charge in [-0.2, -0.15) is 0 Å². The molecule has 1 aliphatic rings. The average molecular weight is 371 g/mol. The van der Waals surface area contributed by atoms with Gasteiger partial charge in [-0.25, -0.2) is 13.2 Å². The van der Waals surface area contributed by atoms with Crippen molar-refractivity contribution in [3.05, 3.63) is 24.0 Å². The first-order chi connectivity index (χ1) is 11.7. The lowest BCUT2D eigenvalue weighted by molar-refractivity contribution is -0.0237. The van der Waals surface area contributed by atoms with E-state index in [0.717, 1.165) is 18.2 Å². The van der Waals surface area contributed by atoms with Crippen LogP contribution in [0.5, 0.6) is 0 Å². The summed E-state index contributed by atoms with van der Waals surface area (Å²) in [6.07, 6.45) is 4.22. The minimum atomic E-state index is -3.13. The Labute approximate surface area is 147 Å². The van der Waals surface area contributed by atoms with Crippen molar-refractivity contribution in [2.45, 2.75) is 37.8 Å². The second-order valence-corrected chi connectivity index (χ2v) is 8.93. The summed E-state index contributed by atoms with van der Waals surface area (Å²) in [5.41, 5.74) is 7.55. The predicted molar refractivity (Wildman–Crippen MR) is 94.2 cm³/mol. The fraction of sp³-hybridized carbons (Fsp3) is 0.625. The highest BCUT2D eigenvalue weighted by atomic mass is 32.2. The number of rotatable bonds is 6. The number of anilines is 1.